The van der Waals surface area contributed by atoms with Crippen LogP contribution in [-0.4, -0.2) is 17.0 Å². The van der Waals surface area contributed by atoms with Crippen molar-refractivity contribution < 1.29 is 4.92 Å². The highest BCUT2D eigenvalue weighted by atomic mass is 16.6. The van der Waals surface area contributed by atoms with Crippen LogP contribution in [0.25, 0.3) is 0 Å². The van der Waals surface area contributed by atoms with Gasteiger partial charge in [0, 0.05) is 17.4 Å². The van der Waals surface area contributed by atoms with E-state index in [1.165, 1.54) is 6.92 Å². The molecule has 0 N–H and O–H groups in total. The van der Waals surface area contributed by atoms with Crippen molar-refractivity contribution in [2.24, 2.45) is 5.18 Å². The van der Waals surface area contributed by atoms with Gasteiger partial charge in [0.15, 0.2) is 0 Å². The number of nitrogens with zero attached hydrogens (tertiary/aromatic N) is 2. The molecule has 5 nitrogen and oxygen atoms in total. The van der Waals surface area contributed by atoms with Gasteiger partial charge in [0.1, 0.15) is 6.04 Å². The minimum Gasteiger partial charge on any atom is -0.264 e. The summed E-state index contributed by atoms with van der Waals surface area (Å²) in [6, 6.07) is -1.22. The molecule has 0 spiro atoms. The summed E-state index contributed by atoms with van der Waals surface area (Å²) in [7, 11) is 0. The van der Waals surface area contributed by atoms with Crippen LogP contribution >= 0.6 is 0 Å². The molecular weight excluding hydrogens is 172 g/mol. The van der Waals surface area contributed by atoms with Crippen molar-refractivity contribution in [3.63, 3.8) is 0 Å². The number of hydrogen-bond donors (Lipinski definition) is 0. The maximum Gasteiger partial charge on any atom is 0.231 e. The van der Waals surface area contributed by atoms with Crippen molar-refractivity contribution in [3.05, 3.63) is 26.7 Å². The molecule has 0 radical (unpaired) electrons. The Hall–Kier alpha value is -1.26. The highest BCUT2D eigenvalue weighted by molar-refractivity contribution is 5.09. The van der Waals surface area contributed by atoms with Crippen molar-refractivity contribution in [1.82, 2.24) is 0 Å². The zero-order chi connectivity index (χ0) is 10.4. The lowest BCUT2D eigenvalue weighted by atomic mass is 10.0. The summed E-state index contributed by atoms with van der Waals surface area (Å²) in [4.78, 5) is 20.1. The largest absolute Gasteiger partial charge is 0.264 e. The van der Waals surface area contributed by atoms with Crippen LogP contribution in [0.2, 0.25) is 0 Å². The van der Waals surface area contributed by atoms with Crippen LogP contribution in [0, 0.1) is 15.0 Å². The molecule has 0 amide bonds. The van der Waals surface area contributed by atoms with E-state index < -0.39 is 12.1 Å². The summed E-state index contributed by atoms with van der Waals surface area (Å²) >= 11 is 0. The molecule has 2 unspecified atom stereocenters. The SMILES string of the molecule is CC/C(=C\C(C)N=O)C(C)[N+](=O)[O-]. The lowest BCUT2D eigenvalue weighted by molar-refractivity contribution is -0.508. The fourth-order valence-corrected chi connectivity index (χ4v) is 1.03. The van der Waals surface area contributed by atoms with Gasteiger partial charge >= 0.3 is 0 Å². The molecular formula is C8H14N2O3. The Balaban J connectivity index is 4.57. The molecule has 0 rings (SSSR count). The first-order chi connectivity index (χ1) is 6.02. The van der Waals surface area contributed by atoms with E-state index in [1.807, 2.05) is 6.92 Å². The van der Waals surface area contributed by atoms with Crippen molar-refractivity contribution in [3.8, 4) is 0 Å². The van der Waals surface area contributed by atoms with Crippen molar-refractivity contribution in [2.45, 2.75) is 39.3 Å². The zero-order valence-electron chi connectivity index (χ0n) is 8.06. The minimum absolute atomic E-state index is 0.368. The predicted octanol–water partition coefficient (Wildman–Crippen LogP) is 2.14. The van der Waals surface area contributed by atoms with Gasteiger partial charge in [0.05, 0.1) is 0 Å². The molecule has 0 aliphatic rings. The molecule has 5 heteroatoms. The van der Waals surface area contributed by atoms with Crippen LogP contribution in [0.1, 0.15) is 27.2 Å². The highest BCUT2D eigenvalue weighted by Crippen LogP contribution is 2.11. The van der Waals surface area contributed by atoms with E-state index in [9.17, 15) is 15.0 Å². The van der Waals surface area contributed by atoms with E-state index in [1.54, 1.807) is 13.0 Å². The maximum atomic E-state index is 10.4. The van der Waals surface area contributed by atoms with Gasteiger partial charge in [-0.25, -0.2) is 0 Å². The Labute approximate surface area is 77.0 Å². The summed E-state index contributed by atoms with van der Waals surface area (Å²) < 4.78 is 0. The van der Waals surface area contributed by atoms with Crippen LogP contribution in [0.15, 0.2) is 16.8 Å². The summed E-state index contributed by atoms with van der Waals surface area (Å²) in [6.07, 6.45) is 2.13. The minimum atomic E-state index is -0.728. The molecule has 74 valence electrons. The van der Waals surface area contributed by atoms with E-state index in [-0.39, 0.29) is 4.92 Å². The number of hydrogen-bond acceptors (Lipinski definition) is 4. The van der Waals surface area contributed by atoms with Crippen LogP contribution < -0.4 is 0 Å². The molecule has 0 saturated carbocycles. The second kappa shape index (κ2) is 5.40. The van der Waals surface area contributed by atoms with E-state index in [4.69, 9.17) is 0 Å². The molecule has 0 aliphatic heterocycles. The van der Waals surface area contributed by atoms with Crippen molar-refractivity contribution >= 4 is 0 Å². The molecule has 0 bridgehead atoms. The van der Waals surface area contributed by atoms with Gasteiger partial charge in [-0.15, -0.1) is 0 Å². The molecule has 0 aromatic heterocycles. The first kappa shape index (κ1) is 11.7. The van der Waals surface area contributed by atoms with Gasteiger partial charge in [-0.1, -0.05) is 18.2 Å². The molecule has 0 fully saturated rings. The van der Waals surface area contributed by atoms with Gasteiger partial charge in [-0.05, 0) is 13.3 Å². The molecule has 0 aliphatic carbocycles. The average molecular weight is 186 g/mol. The van der Waals surface area contributed by atoms with Crippen LogP contribution in [0.5, 0.6) is 0 Å². The first-order valence-electron chi connectivity index (χ1n) is 4.19. The van der Waals surface area contributed by atoms with Gasteiger partial charge in [-0.2, -0.15) is 4.91 Å². The summed E-state index contributed by atoms with van der Waals surface area (Å²) in [5.74, 6) is 0. The molecule has 13 heavy (non-hydrogen) atoms. The molecule has 0 aromatic carbocycles. The second-order valence-corrected chi connectivity index (χ2v) is 2.90. The summed E-state index contributed by atoms with van der Waals surface area (Å²) in [6.45, 7) is 4.94. The Morgan fingerprint density at radius 2 is 2.15 bits per heavy atom. The van der Waals surface area contributed by atoms with E-state index >= 15 is 0 Å². The van der Waals surface area contributed by atoms with E-state index in [0.29, 0.717) is 12.0 Å². The normalized spacial score (nSPS) is 16.4. The van der Waals surface area contributed by atoms with Crippen molar-refractivity contribution in [1.29, 1.82) is 0 Å². The average Bonchev–Trinajstić information content (AvgIpc) is 2.12. The van der Waals surface area contributed by atoms with Gasteiger partial charge in [0.2, 0.25) is 6.04 Å². The number of nitroso groups, excluding NO2 is 1. The standard InChI is InChI=1S/C8H14N2O3/c1-4-8(5-6(2)9-11)7(3)10(12)13/h5-7H,4H2,1-3H3/b8-5+. The predicted molar refractivity (Wildman–Crippen MR) is 50.1 cm³/mol. The Kier molecular flexibility index (Phi) is 4.87. The van der Waals surface area contributed by atoms with Crippen LogP contribution in [0.3, 0.4) is 0 Å². The molecule has 0 aromatic rings. The monoisotopic (exact) mass is 186 g/mol. The first-order valence-corrected chi connectivity index (χ1v) is 4.19. The lowest BCUT2D eigenvalue weighted by Crippen LogP contribution is -2.18. The Morgan fingerprint density at radius 3 is 2.46 bits per heavy atom. The van der Waals surface area contributed by atoms with Gasteiger partial charge < -0.3 is 0 Å². The highest BCUT2D eigenvalue weighted by Gasteiger charge is 2.18. The summed E-state index contributed by atoms with van der Waals surface area (Å²) in [5, 5.41) is 13.2. The zero-order valence-corrected chi connectivity index (χ0v) is 8.06. The third kappa shape index (κ3) is 3.78. The number of rotatable bonds is 5. The van der Waals surface area contributed by atoms with Crippen LogP contribution in [0.4, 0.5) is 0 Å². The summed E-state index contributed by atoms with van der Waals surface area (Å²) in [5.41, 5.74) is 0.650. The molecule has 0 heterocycles. The fraction of sp³-hybridized carbons (Fsp3) is 0.750. The Morgan fingerprint density at radius 1 is 1.62 bits per heavy atom. The Bertz CT molecular complexity index is 225. The van der Waals surface area contributed by atoms with Gasteiger partial charge in [0.25, 0.3) is 0 Å². The number of nitro groups is 1. The molecule has 2 atom stereocenters. The van der Waals surface area contributed by atoms with E-state index in [2.05, 4.69) is 5.18 Å². The third-order valence-electron chi connectivity index (χ3n) is 1.88. The van der Waals surface area contributed by atoms with Crippen LogP contribution in [-0.2, 0) is 0 Å². The smallest absolute Gasteiger partial charge is 0.231 e. The van der Waals surface area contributed by atoms with Crippen molar-refractivity contribution in [2.75, 3.05) is 0 Å². The molecule has 0 saturated heterocycles. The van der Waals surface area contributed by atoms with E-state index in [0.717, 1.165) is 0 Å². The fourth-order valence-electron chi connectivity index (χ4n) is 1.03. The third-order valence-corrected chi connectivity index (χ3v) is 1.88. The second-order valence-electron chi connectivity index (χ2n) is 2.90. The topological polar surface area (TPSA) is 72.6 Å². The maximum absolute atomic E-state index is 10.4. The lowest BCUT2D eigenvalue weighted by Gasteiger charge is -2.07. The van der Waals surface area contributed by atoms with Gasteiger partial charge in [-0.3, -0.25) is 10.1 Å². The quantitative estimate of drug-likeness (QED) is 0.286.